The molecular formula is C47H32N4O12. The van der Waals surface area contributed by atoms with Crippen molar-refractivity contribution in [2.75, 3.05) is 0 Å². The van der Waals surface area contributed by atoms with E-state index in [4.69, 9.17) is 19.1 Å². The van der Waals surface area contributed by atoms with E-state index in [-0.39, 0.29) is 71.5 Å². The summed E-state index contributed by atoms with van der Waals surface area (Å²) in [4.78, 5) is 9.79. The molecule has 0 radical (unpaired) electrons. The summed E-state index contributed by atoms with van der Waals surface area (Å²) in [5.74, 6) is -8.09. The second-order valence-electron chi connectivity index (χ2n) is 15.4. The van der Waals surface area contributed by atoms with E-state index in [2.05, 4.69) is 0 Å². The largest absolute Gasteiger partial charge is 0.505 e. The Kier molecular flexibility index (Phi) is 7.40. The van der Waals surface area contributed by atoms with Gasteiger partial charge in [-0.3, -0.25) is 9.15 Å². The van der Waals surface area contributed by atoms with Gasteiger partial charge in [0.25, 0.3) is 0 Å². The predicted octanol–water partition coefficient (Wildman–Crippen LogP) is 9.50. The van der Waals surface area contributed by atoms with Gasteiger partial charge in [0.2, 0.25) is 34.2 Å². The summed E-state index contributed by atoms with van der Waals surface area (Å²) in [6.45, 7) is 4.58. The molecule has 4 aromatic heterocycles. The van der Waals surface area contributed by atoms with Crippen LogP contribution in [0.2, 0.25) is 0 Å². The highest BCUT2D eigenvalue weighted by Gasteiger charge is 2.35. The van der Waals surface area contributed by atoms with Crippen molar-refractivity contribution in [1.29, 1.82) is 0 Å². The molecule has 0 saturated carbocycles. The highest BCUT2D eigenvalue weighted by Crippen LogP contribution is 2.59. The van der Waals surface area contributed by atoms with Gasteiger partial charge in [-0.05, 0) is 62.2 Å². The lowest BCUT2D eigenvalue weighted by Gasteiger charge is -2.13. The number of fused-ring (bicyclic) bond motifs is 10. The molecule has 4 heterocycles. The zero-order valence-corrected chi connectivity index (χ0v) is 33.1. The number of phenols is 10. The Bertz CT molecular complexity index is 3880. The number of hydrogen-bond donors (Lipinski definition) is 10. The third kappa shape index (κ3) is 4.62. The summed E-state index contributed by atoms with van der Waals surface area (Å²) in [5.41, 5.74) is 2.15. The molecule has 0 fully saturated rings. The molecule has 0 saturated heterocycles. The van der Waals surface area contributed by atoms with E-state index in [0.717, 1.165) is 10.9 Å². The van der Waals surface area contributed by atoms with Gasteiger partial charge < -0.3 is 60.0 Å². The van der Waals surface area contributed by atoms with Crippen LogP contribution in [0, 0.1) is 20.8 Å². The molecule has 16 nitrogen and oxygen atoms in total. The fourth-order valence-corrected chi connectivity index (χ4v) is 8.99. The molecule has 0 aliphatic carbocycles. The van der Waals surface area contributed by atoms with Crippen LogP contribution in [-0.2, 0) is 0 Å². The van der Waals surface area contributed by atoms with Crippen LogP contribution in [0.1, 0.15) is 16.7 Å². The van der Waals surface area contributed by atoms with E-state index < -0.39 is 63.1 Å². The molecule has 0 spiro atoms. The Morgan fingerprint density at radius 3 is 1.71 bits per heavy atom. The number of benzene rings is 7. The monoisotopic (exact) mass is 844 g/mol. The Labute approximate surface area is 351 Å². The molecule has 16 heteroatoms. The number of aromatic nitrogens is 4. The summed E-state index contributed by atoms with van der Waals surface area (Å²) in [7, 11) is 0. The normalized spacial score (nSPS) is 12.0. The minimum atomic E-state index is -1.11. The van der Waals surface area contributed by atoms with Crippen LogP contribution in [-0.4, -0.2) is 70.0 Å². The Morgan fingerprint density at radius 1 is 0.413 bits per heavy atom. The summed E-state index contributed by atoms with van der Waals surface area (Å²) in [6, 6.07) is 23.8. The van der Waals surface area contributed by atoms with E-state index in [1.54, 1.807) is 38.1 Å². The van der Waals surface area contributed by atoms with Crippen molar-refractivity contribution in [3.05, 3.63) is 95.6 Å². The first kappa shape index (κ1) is 37.1. The standard InChI is InChI=1S/C47H32N4O12/c1-17-18(2)35(52)38(55)25-26-34-45(62-63-46-31(51(34)30(17)25)19(3)36(53)41(58)44(46)61)28-27-32(40(57)43(60)42(59)39(27)56)50(33(28)37(26)54)22-15-13-21(14-16-22)47-48-24-12-8-7-11-23(24)29(49-47)20-9-5-4-6-10-20/h4-16,52-61H,1-3H3. The summed E-state index contributed by atoms with van der Waals surface area (Å²) >= 11 is 0. The molecule has 0 aliphatic rings. The molecule has 63 heavy (non-hydrogen) atoms. The van der Waals surface area contributed by atoms with Crippen LogP contribution in [0.3, 0.4) is 0 Å². The minimum absolute atomic E-state index is 0.0448. The molecule has 312 valence electrons. The first-order chi connectivity index (χ1) is 30.2. The predicted molar refractivity (Wildman–Crippen MR) is 232 cm³/mol. The van der Waals surface area contributed by atoms with Crippen molar-refractivity contribution < 1.29 is 60.2 Å². The first-order valence-electron chi connectivity index (χ1n) is 19.4. The van der Waals surface area contributed by atoms with Crippen LogP contribution in [0.4, 0.5) is 0 Å². The number of rotatable bonds is 3. The fourth-order valence-electron chi connectivity index (χ4n) is 8.99. The summed E-state index contributed by atoms with van der Waals surface area (Å²) < 4.78 is 14.4. The van der Waals surface area contributed by atoms with Gasteiger partial charge in [0.15, 0.2) is 40.3 Å². The van der Waals surface area contributed by atoms with Crippen molar-refractivity contribution >= 4 is 71.2 Å². The Hall–Kier alpha value is -8.92. The number of nitrogens with zero attached hydrogens (tertiary/aromatic N) is 4. The molecule has 7 aromatic carbocycles. The highest BCUT2D eigenvalue weighted by molar-refractivity contribution is 6.33. The van der Waals surface area contributed by atoms with Crippen molar-refractivity contribution in [2.24, 2.45) is 0 Å². The Balaban J connectivity index is 1.32. The lowest BCUT2D eigenvalue weighted by atomic mass is 10.0. The van der Waals surface area contributed by atoms with E-state index in [1.165, 1.54) is 15.9 Å². The lowest BCUT2D eigenvalue weighted by Crippen LogP contribution is -1.97. The van der Waals surface area contributed by atoms with Gasteiger partial charge >= 0.3 is 0 Å². The highest BCUT2D eigenvalue weighted by atomic mass is 17.0. The van der Waals surface area contributed by atoms with Gasteiger partial charge in [-0.2, -0.15) is 0 Å². The van der Waals surface area contributed by atoms with Crippen LogP contribution < -0.4 is 0 Å². The van der Waals surface area contributed by atoms with Gasteiger partial charge in [-0.25, -0.2) is 9.97 Å². The fraction of sp³-hybridized carbons (Fsp3) is 0.0638. The number of para-hydroxylation sites is 1. The van der Waals surface area contributed by atoms with Crippen molar-refractivity contribution in [3.8, 4) is 85.8 Å². The average molecular weight is 845 g/mol. The Morgan fingerprint density at radius 2 is 0.984 bits per heavy atom. The molecule has 0 atom stereocenters. The smallest absolute Gasteiger partial charge is 0.248 e. The first-order valence-corrected chi connectivity index (χ1v) is 19.4. The average Bonchev–Trinajstić information content (AvgIpc) is 3.79. The minimum Gasteiger partial charge on any atom is -0.505 e. The van der Waals surface area contributed by atoms with E-state index in [0.29, 0.717) is 28.2 Å². The van der Waals surface area contributed by atoms with Crippen molar-refractivity contribution in [2.45, 2.75) is 20.8 Å². The second kappa shape index (κ2) is 12.6. The molecule has 10 N–H and O–H groups in total. The van der Waals surface area contributed by atoms with Gasteiger partial charge in [-0.1, -0.05) is 48.5 Å². The molecule has 0 unspecified atom stereocenters. The maximum Gasteiger partial charge on any atom is 0.248 e. The molecule has 11 rings (SSSR count). The molecule has 0 amide bonds. The third-order valence-electron chi connectivity index (χ3n) is 12.2. The number of phenolic OH excluding ortho intramolecular Hbond substituents is 10. The molecule has 11 aromatic rings. The summed E-state index contributed by atoms with van der Waals surface area (Å²) in [6.07, 6.45) is 0. The second-order valence-corrected chi connectivity index (χ2v) is 15.4. The van der Waals surface area contributed by atoms with Crippen LogP contribution in [0.5, 0.6) is 57.5 Å². The SMILES string of the molecule is Cc1c(O)c(O)c2c3c(O)c4c(c5ooc6c(O)c(O)c(O)c(C)c6n(c2c1C)c53)c1c(O)c(O)c(O)c(O)c1n4-c1ccc(-c2nc(-c3ccccc3)c3ccccc3n2)cc1. The van der Waals surface area contributed by atoms with E-state index in [9.17, 15) is 51.1 Å². The van der Waals surface area contributed by atoms with Crippen molar-refractivity contribution in [1.82, 2.24) is 18.9 Å². The maximum absolute atomic E-state index is 12.8. The van der Waals surface area contributed by atoms with Crippen LogP contribution >= 0.6 is 0 Å². The number of aryl methyl sites for hydroxylation is 2. The molecule has 0 aliphatic heterocycles. The van der Waals surface area contributed by atoms with Crippen LogP contribution in [0.25, 0.3) is 99.5 Å². The van der Waals surface area contributed by atoms with E-state index >= 15 is 0 Å². The third-order valence-corrected chi connectivity index (χ3v) is 12.2. The van der Waals surface area contributed by atoms with Gasteiger partial charge in [0, 0.05) is 27.8 Å². The molecular weight excluding hydrogens is 813 g/mol. The molecule has 0 bridgehead atoms. The quantitative estimate of drug-likeness (QED) is 0.0451. The van der Waals surface area contributed by atoms with Crippen LogP contribution in [0.15, 0.2) is 88.0 Å². The summed E-state index contributed by atoms with van der Waals surface area (Å²) in [5, 5.41) is 114. The van der Waals surface area contributed by atoms with E-state index in [1.807, 2.05) is 54.6 Å². The number of hydrogen-bond acceptors (Lipinski definition) is 14. The van der Waals surface area contributed by atoms with Gasteiger partial charge in [0.1, 0.15) is 22.1 Å². The topological polar surface area (TPSA) is 264 Å². The lowest BCUT2D eigenvalue weighted by molar-refractivity contribution is 0.0903. The maximum atomic E-state index is 12.8. The zero-order chi connectivity index (χ0) is 44.1. The number of aromatic hydroxyl groups is 10. The zero-order valence-electron chi connectivity index (χ0n) is 33.1. The van der Waals surface area contributed by atoms with Gasteiger partial charge in [-0.15, -0.1) is 0 Å². The van der Waals surface area contributed by atoms with Gasteiger partial charge in [0.05, 0.1) is 38.3 Å². The van der Waals surface area contributed by atoms with Crippen molar-refractivity contribution in [3.63, 3.8) is 0 Å².